The Morgan fingerprint density at radius 1 is 1.05 bits per heavy atom. The molecule has 1 atom stereocenters. The summed E-state index contributed by atoms with van der Waals surface area (Å²) in [5.41, 5.74) is -0.256. The molecular weight excluding hydrogens is 499 g/mol. The summed E-state index contributed by atoms with van der Waals surface area (Å²) in [4.78, 5) is 39.5. The molecule has 38 heavy (non-hydrogen) atoms. The highest BCUT2D eigenvalue weighted by atomic mass is 19.4. The topological polar surface area (TPSA) is 100 Å². The average Bonchev–Trinajstić information content (AvgIpc) is 3.38. The van der Waals surface area contributed by atoms with Crippen molar-refractivity contribution in [1.82, 2.24) is 10.3 Å². The first-order valence-electron chi connectivity index (χ1n) is 12.3. The molecule has 1 aromatic heterocycles. The Labute approximate surface area is 217 Å². The maximum atomic E-state index is 13.2. The Kier molecular flexibility index (Phi) is 8.31. The number of alkyl halides is 3. The minimum Gasteiger partial charge on any atom is -0.380 e. The van der Waals surface area contributed by atoms with E-state index >= 15 is 0 Å². The lowest BCUT2D eigenvalue weighted by molar-refractivity contribution is -0.137. The predicted octanol–water partition coefficient (Wildman–Crippen LogP) is 5.21. The number of ether oxygens (including phenoxy) is 1. The molecule has 7 nitrogen and oxygen atoms in total. The Bertz CT molecular complexity index is 1330. The third-order valence-electron chi connectivity index (χ3n) is 6.66. The zero-order valence-electron chi connectivity index (χ0n) is 20.6. The Morgan fingerprint density at radius 3 is 2.50 bits per heavy atom. The quantitative estimate of drug-likeness (QED) is 0.314. The maximum Gasteiger partial charge on any atom is 0.418 e. The Morgan fingerprint density at radius 2 is 1.82 bits per heavy atom. The third-order valence-corrected chi connectivity index (χ3v) is 6.66. The van der Waals surface area contributed by atoms with Gasteiger partial charge in [0.25, 0.3) is 0 Å². The van der Waals surface area contributed by atoms with E-state index in [-0.39, 0.29) is 42.5 Å². The number of hydrogen-bond donors (Lipinski definition) is 3. The molecule has 1 saturated heterocycles. The van der Waals surface area contributed by atoms with E-state index < -0.39 is 17.2 Å². The predicted molar refractivity (Wildman–Crippen MR) is 136 cm³/mol. The summed E-state index contributed by atoms with van der Waals surface area (Å²) in [5, 5.41) is 5.74. The fourth-order valence-electron chi connectivity index (χ4n) is 4.52. The number of amides is 1. The number of nitrogens with one attached hydrogen (secondary N) is 3. The van der Waals surface area contributed by atoms with Gasteiger partial charge in [0, 0.05) is 43.1 Å². The zero-order valence-corrected chi connectivity index (χ0v) is 20.6. The average molecular weight is 528 g/mol. The molecule has 1 amide bonds. The minimum absolute atomic E-state index is 0.0400. The lowest BCUT2D eigenvalue weighted by Crippen LogP contribution is -2.41. The number of anilines is 2. The number of carbonyl (C=O) groups excluding carboxylic acids is 2. The summed E-state index contributed by atoms with van der Waals surface area (Å²) in [7, 11) is 0. The van der Waals surface area contributed by atoms with E-state index in [2.05, 4.69) is 15.6 Å². The highest BCUT2D eigenvalue weighted by Gasteiger charge is 2.41. The molecule has 3 N–H and O–H groups in total. The normalized spacial score (nSPS) is 17.2. The van der Waals surface area contributed by atoms with Crippen LogP contribution in [0.4, 0.5) is 24.5 Å². The molecule has 200 valence electrons. The molecule has 0 bridgehead atoms. The number of H-pyrrole nitrogens is 1. The number of para-hydroxylation sites is 1. The molecule has 2 heterocycles. The van der Waals surface area contributed by atoms with Gasteiger partial charge >= 0.3 is 6.18 Å². The van der Waals surface area contributed by atoms with Crippen LogP contribution < -0.4 is 16.2 Å². The van der Waals surface area contributed by atoms with Crippen LogP contribution in [0.25, 0.3) is 0 Å². The van der Waals surface area contributed by atoms with Crippen LogP contribution >= 0.6 is 0 Å². The monoisotopic (exact) mass is 527 g/mol. The fourth-order valence-corrected chi connectivity index (χ4v) is 4.52. The molecule has 0 unspecified atom stereocenters. The molecule has 0 aliphatic carbocycles. The van der Waals surface area contributed by atoms with Crippen LogP contribution in [-0.4, -0.2) is 29.9 Å². The molecule has 0 radical (unpaired) electrons. The van der Waals surface area contributed by atoms with Crippen molar-refractivity contribution in [2.24, 2.45) is 5.41 Å². The van der Waals surface area contributed by atoms with Gasteiger partial charge in [-0.2, -0.15) is 13.2 Å². The first-order valence-corrected chi connectivity index (χ1v) is 12.3. The van der Waals surface area contributed by atoms with Crippen LogP contribution in [0.15, 0.2) is 71.7 Å². The van der Waals surface area contributed by atoms with Gasteiger partial charge in [-0.25, -0.2) is 0 Å². The molecular formula is C28H28F3N3O4. The summed E-state index contributed by atoms with van der Waals surface area (Å²) < 4.78 is 45.2. The van der Waals surface area contributed by atoms with Crippen LogP contribution in [0.1, 0.15) is 47.2 Å². The van der Waals surface area contributed by atoms with Gasteiger partial charge in [0.1, 0.15) is 0 Å². The van der Waals surface area contributed by atoms with Crippen LogP contribution in [0.2, 0.25) is 0 Å². The molecule has 0 saturated carbocycles. The van der Waals surface area contributed by atoms with Crippen molar-refractivity contribution in [3.05, 3.63) is 93.9 Å². The number of halogens is 3. The molecule has 3 aromatic rings. The summed E-state index contributed by atoms with van der Waals surface area (Å²) in [6.07, 6.45) is -1.34. The number of pyridine rings is 1. The highest BCUT2D eigenvalue weighted by Crippen LogP contribution is 2.36. The lowest BCUT2D eigenvalue weighted by atomic mass is 9.80. The van der Waals surface area contributed by atoms with Crippen molar-refractivity contribution in [3.8, 4) is 0 Å². The van der Waals surface area contributed by atoms with Crippen molar-refractivity contribution in [2.45, 2.75) is 38.4 Å². The second-order valence-corrected chi connectivity index (χ2v) is 9.35. The van der Waals surface area contributed by atoms with E-state index in [0.29, 0.717) is 37.1 Å². The van der Waals surface area contributed by atoms with E-state index in [1.807, 2.05) is 0 Å². The van der Waals surface area contributed by atoms with Gasteiger partial charge < -0.3 is 20.4 Å². The van der Waals surface area contributed by atoms with Crippen LogP contribution in [-0.2, 0) is 22.3 Å². The number of hydrogen-bond acceptors (Lipinski definition) is 5. The molecule has 1 aliphatic rings. The minimum atomic E-state index is -4.47. The second kappa shape index (κ2) is 11.6. The number of ketones is 1. The van der Waals surface area contributed by atoms with Gasteiger partial charge in [-0.05, 0) is 55.2 Å². The van der Waals surface area contributed by atoms with Gasteiger partial charge in [-0.15, -0.1) is 0 Å². The largest absolute Gasteiger partial charge is 0.418 e. The summed E-state index contributed by atoms with van der Waals surface area (Å²) in [6, 6.07) is 14.9. The van der Waals surface area contributed by atoms with E-state index in [1.165, 1.54) is 30.5 Å². The second-order valence-electron chi connectivity index (χ2n) is 9.35. The Hall–Kier alpha value is -3.92. The smallest absolute Gasteiger partial charge is 0.380 e. The molecule has 4 rings (SSSR count). The summed E-state index contributed by atoms with van der Waals surface area (Å²) in [6.45, 7) is 0.959. The van der Waals surface area contributed by atoms with Gasteiger partial charge in [0.2, 0.25) is 11.5 Å². The molecule has 2 aromatic carbocycles. The number of Topliss-reactive ketones (excluding diaryl/α,β-unsaturated/α-hetero) is 1. The summed E-state index contributed by atoms with van der Waals surface area (Å²) in [5.74, 6) is -0.322. The molecule has 10 heteroatoms. The van der Waals surface area contributed by atoms with Crippen LogP contribution in [0.3, 0.4) is 0 Å². The van der Waals surface area contributed by atoms with E-state index in [1.54, 1.807) is 30.3 Å². The van der Waals surface area contributed by atoms with Crippen molar-refractivity contribution < 1.29 is 27.5 Å². The van der Waals surface area contributed by atoms with Crippen LogP contribution in [0.5, 0.6) is 0 Å². The molecule has 1 aliphatic heterocycles. The van der Waals surface area contributed by atoms with Gasteiger partial charge in [0.15, 0.2) is 5.78 Å². The van der Waals surface area contributed by atoms with Crippen molar-refractivity contribution in [3.63, 3.8) is 0 Å². The Balaban J connectivity index is 1.32. The van der Waals surface area contributed by atoms with Crippen molar-refractivity contribution in [2.75, 3.05) is 18.5 Å². The molecule has 1 fully saturated rings. The first kappa shape index (κ1) is 27.1. The maximum absolute atomic E-state index is 13.2. The van der Waals surface area contributed by atoms with Crippen molar-refractivity contribution in [1.29, 1.82) is 0 Å². The number of benzene rings is 2. The van der Waals surface area contributed by atoms with Crippen molar-refractivity contribution >= 4 is 23.1 Å². The fraction of sp³-hybridized carbons (Fsp3) is 0.321. The highest BCUT2D eigenvalue weighted by molar-refractivity contribution is 5.95. The van der Waals surface area contributed by atoms with Gasteiger partial charge in [-0.1, -0.05) is 24.3 Å². The number of aromatic nitrogens is 1. The van der Waals surface area contributed by atoms with E-state index in [9.17, 15) is 27.6 Å². The van der Waals surface area contributed by atoms with Gasteiger partial charge in [-0.3, -0.25) is 14.4 Å². The standard InChI is InChI=1S/C28H28F3N3O4/c29-28(30,31)22-4-1-2-5-23(22)34-21-9-7-19(8-10-21)17-33-26(37)27(13-15-38-18-27)12-3-6-24(35)20-11-14-32-25(36)16-20/h1-2,4-5,7-11,14,16,34H,3,6,12-13,15,17-18H2,(H,32,36)(H,33,37)/t27-/m1/s1. The first-order chi connectivity index (χ1) is 18.2. The van der Waals surface area contributed by atoms with Gasteiger partial charge in [0.05, 0.1) is 23.3 Å². The number of rotatable bonds is 10. The SMILES string of the molecule is O=C(CCC[C@@]1(C(=O)NCc2ccc(Nc3ccccc3C(F)(F)F)cc2)CCOC1)c1cc[nH]c(=O)c1. The zero-order chi connectivity index (χ0) is 27.2. The van der Waals surface area contributed by atoms with Crippen LogP contribution in [0, 0.1) is 5.41 Å². The number of aromatic amines is 1. The third kappa shape index (κ3) is 6.69. The van der Waals surface area contributed by atoms with E-state index in [4.69, 9.17) is 4.74 Å². The number of carbonyl (C=O) groups is 2. The summed E-state index contributed by atoms with van der Waals surface area (Å²) >= 11 is 0. The lowest BCUT2D eigenvalue weighted by Gasteiger charge is -2.26. The van der Waals surface area contributed by atoms with E-state index in [0.717, 1.165) is 11.6 Å². The molecule has 0 spiro atoms.